The molecule has 0 unspecified atom stereocenters. The summed E-state index contributed by atoms with van der Waals surface area (Å²) < 4.78 is 11.0. The molecule has 2 N–H and O–H groups in total. The van der Waals surface area contributed by atoms with Gasteiger partial charge in [-0.25, -0.2) is 4.98 Å². The Morgan fingerprint density at radius 1 is 1.27 bits per heavy atom. The van der Waals surface area contributed by atoms with Crippen molar-refractivity contribution in [2.24, 2.45) is 0 Å². The molecular formula is C18H18N4O4. The van der Waals surface area contributed by atoms with E-state index in [2.05, 4.69) is 20.4 Å². The minimum absolute atomic E-state index is 0.114. The number of carbonyl (C=O) groups excluding carboxylic acids is 1. The molecule has 0 bridgehead atoms. The van der Waals surface area contributed by atoms with Gasteiger partial charge in [-0.3, -0.25) is 9.78 Å². The topological polar surface area (TPSA) is 110 Å². The Hall–Kier alpha value is -3.26. The van der Waals surface area contributed by atoms with Crippen LogP contribution in [0.15, 0.2) is 47.2 Å². The molecular weight excluding hydrogens is 336 g/mol. The van der Waals surface area contributed by atoms with E-state index in [0.29, 0.717) is 28.6 Å². The summed E-state index contributed by atoms with van der Waals surface area (Å²) in [5.41, 5.74) is 2.51. The lowest BCUT2D eigenvalue weighted by atomic mass is 10.1. The number of pyridine rings is 2. The highest BCUT2D eigenvalue weighted by Crippen LogP contribution is 2.24. The van der Waals surface area contributed by atoms with Crippen molar-refractivity contribution in [3.8, 4) is 17.3 Å². The average molecular weight is 354 g/mol. The van der Waals surface area contributed by atoms with Crippen molar-refractivity contribution >= 4 is 5.91 Å². The number of amides is 1. The summed E-state index contributed by atoms with van der Waals surface area (Å²) >= 11 is 0. The lowest BCUT2D eigenvalue weighted by Crippen LogP contribution is -2.26. The van der Waals surface area contributed by atoms with E-state index in [-0.39, 0.29) is 25.7 Å². The second-order valence-corrected chi connectivity index (χ2v) is 5.43. The predicted octanol–water partition coefficient (Wildman–Crippen LogP) is 1.74. The Bertz CT molecular complexity index is 863. The second kappa shape index (κ2) is 8.21. The van der Waals surface area contributed by atoms with Gasteiger partial charge in [-0.15, -0.1) is 0 Å². The molecule has 3 heterocycles. The first kappa shape index (κ1) is 17.6. The normalized spacial score (nSPS) is 10.5. The van der Waals surface area contributed by atoms with Gasteiger partial charge in [0.25, 0.3) is 5.91 Å². The molecule has 0 aliphatic heterocycles. The van der Waals surface area contributed by atoms with Crippen molar-refractivity contribution in [1.29, 1.82) is 0 Å². The Balaban J connectivity index is 1.68. The quantitative estimate of drug-likeness (QED) is 0.665. The number of aliphatic hydroxyl groups is 1. The second-order valence-electron chi connectivity index (χ2n) is 5.43. The lowest BCUT2D eigenvalue weighted by molar-refractivity contribution is 0.0944. The first-order valence-electron chi connectivity index (χ1n) is 8.03. The number of rotatable bonds is 7. The molecule has 26 heavy (non-hydrogen) atoms. The molecule has 0 fully saturated rings. The monoisotopic (exact) mass is 354 g/mol. The summed E-state index contributed by atoms with van der Waals surface area (Å²) in [4.78, 5) is 20.2. The molecule has 0 aliphatic rings. The first-order chi connectivity index (χ1) is 12.7. The molecule has 3 aromatic heterocycles. The van der Waals surface area contributed by atoms with Gasteiger partial charge >= 0.3 is 0 Å². The standard InChI is InChI=1S/C18H18N4O4/c1-12-14(17(22-26-12)15-4-2-3-7-19-15)11-25-16-6-5-13(10-21-16)18(24)20-8-9-23/h2-7,10,23H,8-9,11H2,1H3,(H,20,24). The van der Waals surface area contributed by atoms with E-state index in [1.807, 2.05) is 18.2 Å². The predicted molar refractivity (Wildman–Crippen MR) is 92.5 cm³/mol. The molecule has 3 aromatic rings. The Kier molecular flexibility index (Phi) is 5.55. The van der Waals surface area contributed by atoms with Crippen molar-refractivity contribution < 1.29 is 19.2 Å². The third kappa shape index (κ3) is 4.04. The smallest absolute Gasteiger partial charge is 0.252 e. The largest absolute Gasteiger partial charge is 0.473 e. The molecule has 8 nitrogen and oxygen atoms in total. The van der Waals surface area contributed by atoms with Crippen LogP contribution in [-0.4, -0.2) is 39.3 Å². The van der Waals surface area contributed by atoms with Crippen LogP contribution in [-0.2, 0) is 6.61 Å². The van der Waals surface area contributed by atoms with Gasteiger partial charge in [0.05, 0.1) is 23.4 Å². The number of nitrogens with one attached hydrogen (secondary N) is 1. The fraction of sp³-hybridized carbons (Fsp3) is 0.222. The van der Waals surface area contributed by atoms with Gasteiger partial charge in [-0.1, -0.05) is 11.2 Å². The molecule has 0 saturated heterocycles. The van der Waals surface area contributed by atoms with E-state index < -0.39 is 0 Å². The number of ether oxygens (including phenoxy) is 1. The Morgan fingerprint density at radius 3 is 2.85 bits per heavy atom. The maximum atomic E-state index is 11.8. The number of carbonyl (C=O) groups is 1. The molecule has 0 aliphatic carbocycles. The van der Waals surface area contributed by atoms with Crippen LogP contribution < -0.4 is 10.1 Å². The Labute approximate surface area is 149 Å². The maximum Gasteiger partial charge on any atom is 0.252 e. The summed E-state index contributed by atoms with van der Waals surface area (Å²) in [6.07, 6.45) is 3.11. The SMILES string of the molecule is Cc1onc(-c2ccccn2)c1COc1ccc(C(=O)NCCO)cn1. The van der Waals surface area contributed by atoms with Crippen LogP contribution in [0.2, 0.25) is 0 Å². The van der Waals surface area contributed by atoms with Gasteiger partial charge in [0.15, 0.2) is 0 Å². The van der Waals surface area contributed by atoms with E-state index in [1.165, 1.54) is 6.20 Å². The van der Waals surface area contributed by atoms with Gasteiger partial charge < -0.3 is 19.7 Å². The van der Waals surface area contributed by atoms with Crippen molar-refractivity contribution in [3.63, 3.8) is 0 Å². The number of hydrogen-bond acceptors (Lipinski definition) is 7. The summed E-state index contributed by atoms with van der Waals surface area (Å²) in [5.74, 6) is 0.715. The summed E-state index contributed by atoms with van der Waals surface area (Å²) in [6, 6.07) is 8.76. The molecule has 0 atom stereocenters. The Morgan fingerprint density at radius 2 is 2.15 bits per heavy atom. The molecule has 8 heteroatoms. The van der Waals surface area contributed by atoms with Crippen LogP contribution in [0.1, 0.15) is 21.7 Å². The van der Waals surface area contributed by atoms with E-state index in [4.69, 9.17) is 14.4 Å². The number of aryl methyl sites for hydroxylation is 1. The molecule has 134 valence electrons. The fourth-order valence-electron chi connectivity index (χ4n) is 2.28. The first-order valence-corrected chi connectivity index (χ1v) is 8.03. The van der Waals surface area contributed by atoms with E-state index in [9.17, 15) is 4.79 Å². The van der Waals surface area contributed by atoms with Crippen molar-refractivity contribution in [2.75, 3.05) is 13.2 Å². The van der Waals surface area contributed by atoms with E-state index in [1.54, 1.807) is 25.3 Å². The van der Waals surface area contributed by atoms with Gasteiger partial charge in [0.1, 0.15) is 18.1 Å². The molecule has 0 saturated carbocycles. The van der Waals surface area contributed by atoms with E-state index >= 15 is 0 Å². The van der Waals surface area contributed by atoms with Crippen LogP contribution in [0.3, 0.4) is 0 Å². The minimum atomic E-state index is -0.301. The molecule has 0 spiro atoms. The summed E-state index contributed by atoms with van der Waals surface area (Å²) in [7, 11) is 0. The van der Waals surface area contributed by atoms with Crippen LogP contribution >= 0.6 is 0 Å². The summed E-state index contributed by atoms with van der Waals surface area (Å²) in [5, 5.41) is 15.3. The van der Waals surface area contributed by atoms with Crippen molar-refractivity contribution in [2.45, 2.75) is 13.5 Å². The number of aliphatic hydroxyl groups excluding tert-OH is 1. The van der Waals surface area contributed by atoms with Crippen molar-refractivity contribution in [1.82, 2.24) is 20.4 Å². The minimum Gasteiger partial charge on any atom is -0.473 e. The zero-order valence-corrected chi connectivity index (χ0v) is 14.2. The summed E-state index contributed by atoms with van der Waals surface area (Å²) in [6.45, 7) is 2.10. The molecule has 1 amide bonds. The molecule has 0 aromatic carbocycles. The van der Waals surface area contributed by atoms with Crippen LogP contribution in [0, 0.1) is 6.92 Å². The number of nitrogens with zero attached hydrogens (tertiary/aromatic N) is 3. The van der Waals surface area contributed by atoms with Gasteiger partial charge in [0, 0.05) is 25.0 Å². The average Bonchev–Trinajstić information content (AvgIpc) is 3.06. The number of hydrogen-bond donors (Lipinski definition) is 2. The molecule has 0 radical (unpaired) electrons. The van der Waals surface area contributed by atoms with Crippen LogP contribution in [0.25, 0.3) is 11.4 Å². The van der Waals surface area contributed by atoms with Crippen LogP contribution in [0.4, 0.5) is 0 Å². The van der Waals surface area contributed by atoms with Crippen LogP contribution in [0.5, 0.6) is 5.88 Å². The lowest BCUT2D eigenvalue weighted by Gasteiger charge is -2.07. The third-order valence-electron chi connectivity index (χ3n) is 3.65. The third-order valence-corrected chi connectivity index (χ3v) is 3.65. The van der Waals surface area contributed by atoms with Gasteiger partial charge in [0.2, 0.25) is 5.88 Å². The highest BCUT2D eigenvalue weighted by molar-refractivity contribution is 5.93. The van der Waals surface area contributed by atoms with Gasteiger partial charge in [-0.05, 0) is 25.1 Å². The highest BCUT2D eigenvalue weighted by Gasteiger charge is 2.16. The maximum absolute atomic E-state index is 11.8. The highest BCUT2D eigenvalue weighted by atomic mass is 16.5. The number of aromatic nitrogens is 3. The zero-order chi connectivity index (χ0) is 18.4. The zero-order valence-electron chi connectivity index (χ0n) is 14.2. The van der Waals surface area contributed by atoms with E-state index in [0.717, 1.165) is 5.56 Å². The van der Waals surface area contributed by atoms with Crippen molar-refractivity contribution in [3.05, 3.63) is 59.6 Å². The fourth-order valence-corrected chi connectivity index (χ4v) is 2.28. The molecule has 3 rings (SSSR count). The van der Waals surface area contributed by atoms with Gasteiger partial charge in [-0.2, -0.15) is 0 Å².